The zero-order chi connectivity index (χ0) is 13.3. The summed E-state index contributed by atoms with van der Waals surface area (Å²) in [6.07, 6.45) is 6.69. The van der Waals surface area contributed by atoms with Gasteiger partial charge in [-0.15, -0.1) is 0 Å². The van der Waals surface area contributed by atoms with Gasteiger partial charge in [0.1, 0.15) is 0 Å². The van der Waals surface area contributed by atoms with E-state index < -0.39 is 0 Å². The van der Waals surface area contributed by atoms with E-state index in [4.69, 9.17) is 4.74 Å². The van der Waals surface area contributed by atoms with E-state index in [1.54, 1.807) is 0 Å². The van der Waals surface area contributed by atoms with Crippen LogP contribution in [0.1, 0.15) is 53.9 Å². The Morgan fingerprint density at radius 1 is 1.18 bits per heavy atom. The Balaban J connectivity index is 3.74. The van der Waals surface area contributed by atoms with Gasteiger partial charge in [0.25, 0.3) is 0 Å². The van der Waals surface area contributed by atoms with E-state index >= 15 is 0 Å². The lowest BCUT2D eigenvalue weighted by atomic mass is 10.1. The largest absolute Gasteiger partial charge is 0.465 e. The molecule has 0 aromatic heterocycles. The van der Waals surface area contributed by atoms with Gasteiger partial charge in [-0.05, 0) is 33.1 Å². The van der Waals surface area contributed by atoms with Gasteiger partial charge in [-0.2, -0.15) is 0 Å². The normalized spacial score (nSPS) is 11.5. The second kappa shape index (κ2) is 9.03. The van der Waals surface area contributed by atoms with Crippen LogP contribution in [-0.4, -0.2) is 12.6 Å². The molecule has 0 unspecified atom stereocenters. The highest BCUT2D eigenvalue weighted by atomic mass is 16.5. The van der Waals surface area contributed by atoms with Crippen molar-refractivity contribution in [3.63, 3.8) is 0 Å². The van der Waals surface area contributed by atoms with Crippen LogP contribution in [0.3, 0.4) is 0 Å². The van der Waals surface area contributed by atoms with Crippen LogP contribution in [0.2, 0.25) is 0 Å². The lowest BCUT2D eigenvalue weighted by molar-refractivity contribution is -0.144. The highest BCUT2D eigenvalue weighted by Gasteiger charge is 2.05. The number of rotatable bonds is 7. The van der Waals surface area contributed by atoms with Crippen LogP contribution >= 0.6 is 0 Å². The molecule has 98 valence electrons. The Morgan fingerprint density at radius 2 is 1.82 bits per heavy atom. The molecule has 0 heterocycles. The molecule has 0 aliphatic carbocycles. The molecule has 0 saturated carbocycles. The van der Waals surface area contributed by atoms with E-state index in [9.17, 15) is 4.79 Å². The molecule has 0 aromatic carbocycles. The molecule has 0 bridgehead atoms. The number of esters is 1. The third kappa shape index (κ3) is 11.2. The molecule has 0 amide bonds. The number of ether oxygens (including phenoxy) is 1. The lowest BCUT2D eigenvalue weighted by Gasteiger charge is -2.06. The molecule has 0 radical (unpaired) electrons. The molecule has 0 aromatic rings. The van der Waals surface area contributed by atoms with Crippen molar-refractivity contribution in [2.75, 3.05) is 6.61 Å². The van der Waals surface area contributed by atoms with Crippen LogP contribution in [0.15, 0.2) is 23.3 Å². The third-order valence-electron chi connectivity index (χ3n) is 2.33. The van der Waals surface area contributed by atoms with Crippen molar-refractivity contribution in [2.24, 2.45) is 5.92 Å². The molecule has 0 atom stereocenters. The fourth-order valence-electron chi connectivity index (χ4n) is 1.32. The molecule has 2 nitrogen and oxygen atoms in total. The van der Waals surface area contributed by atoms with Crippen LogP contribution in [0.5, 0.6) is 0 Å². The van der Waals surface area contributed by atoms with Gasteiger partial charge in [-0.25, -0.2) is 0 Å². The zero-order valence-electron chi connectivity index (χ0n) is 11.9. The van der Waals surface area contributed by atoms with E-state index in [0.717, 1.165) is 12.8 Å². The monoisotopic (exact) mass is 238 g/mol. The van der Waals surface area contributed by atoms with Gasteiger partial charge in [-0.3, -0.25) is 4.79 Å². The molecule has 0 aliphatic heterocycles. The van der Waals surface area contributed by atoms with Gasteiger partial charge in [-0.1, -0.05) is 37.1 Å². The number of allylic oxidation sites excluding steroid dienone is 3. The van der Waals surface area contributed by atoms with Crippen molar-refractivity contribution in [2.45, 2.75) is 53.9 Å². The van der Waals surface area contributed by atoms with Crippen molar-refractivity contribution in [1.82, 2.24) is 0 Å². The maximum atomic E-state index is 11.3. The average Bonchev–Trinajstić information content (AvgIpc) is 2.15. The maximum absolute atomic E-state index is 11.3. The number of hydrogen-bond donors (Lipinski definition) is 0. The molecular weight excluding hydrogens is 212 g/mol. The Morgan fingerprint density at radius 3 is 2.35 bits per heavy atom. The fraction of sp³-hybridized carbons (Fsp3) is 0.667. The zero-order valence-corrected chi connectivity index (χ0v) is 11.9. The van der Waals surface area contributed by atoms with Gasteiger partial charge in [0, 0.05) is 12.8 Å². The standard InChI is InChI=1S/C15H26O2/c1-12(2)7-6-8-14(5)9-10-17-15(16)11-13(3)4/h7-8,13H,6,9-11H2,1-5H3/b14-8+. The van der Waals surface area contributed by atoms with E-state index in [0.29, 0.717) is 18.9 Å². The Hall–Kier alpha value is -1.05. The van der Waals surface area contributed by atoms with Crippen LogP contribution in [0.25, 0.3) is 0 Å². The molecular formula is C15H26O2. The fourth-order valence-corrected chi connectivity index (χ4v) is 1.32. The van der Waals surface area contributed by atoms with E-state index in [1.165, 1.54) is 11.1 Å². The van der Waals surface area contributed by atoms with Crippen LogP contribution in [-0.2, 0) is 9.53 Å². The number of hydrogen-bond acceptors (Lipinski definition) is 2. The molecule has 17 heavy (non-hydrogen) atoms. The molecule has 0 saturated heterocycles. The second-order valence-electron chi connectivity index (χ2n) is 5.14. The first kappa shape index (κ1) is 16.0. The minimum Gasteiger partial charge on any atom is -0.465 e. The van der Waals surface area contributed by atoms with Crippen LogP contribution in [0.4, 0.5) is 0 Å². The molecule has 0 rings (SSSR count). The lowest BCUT2D eigenvalue weighted by Crippen LogP contribution is -2.08. The summed E-state index contributed by atoms with van der Waals surface area (Å²) in [6, 6.07) is 0. The van der Waals surface area contributed by atoms with Gasteiger partial charge in [0.15, 0.2) is 0 Å². The summed E-state index contributed by atoms with van der Waals surface area (Å²) in [4.78, 5) is 11.3. The summed E-state index contributed by atoms with van der Waals surface area (Å²) in [5, 5.41) is 0. The molecule has 2 heteroatoms. The molecule has 0 N–H and O–H groups in total. The van der Waals surface area contributed by atoms with E-state index in [-0.39, 0.29) is 5.97 Å². The summed E-state index contributed by atoms with van der Waals surface area (Å²) < 4.78 is 5.16. The van der Waals surface area contributed by atoms with Crippen LogP contribution in [0, 0.1) is 5.92 Å². The maximum Gasteiger partial charge on any atom is 0.306 e. The summed E-state index contributed by atoms with van der Waals surface area (Å²) in [6.45, 7) is 10.8. The van der Waals surface area contributed by atoms with Crippen molar-refractivity contribution in [3.05, 3.63) is 23.3 Å². The third-order valence-corrected chi connectivity index (χ3v) is 2.33. The summed E-state index contributed by atoms with van der Waals surface area (Å²) in [7, 11) is 0. The first-order chi connectivity index (χ1) is 7.91. The smallest absolute Gasteiger partial charge is 0.306 e. The van der Waals surface area contributed by atoms with Gasteiger partial charge >= 0.3 is 5.97 Å². The Labute approximate surface area is 106 Å². The van der Waals surface area contributed by atoms with Gasteiger partial charge in [0.2, 0.25) is 0 Å². The Kier molecular flexibility index (Phi) is 8.47. The van der Waals surface area contributed by atoms with Crippen molar-refractivity contribution < 1.29 is 9.53 Å². The topological polar surface area (TPSA) is 26.3 Å². The first-order valence-corrected chi connectivity index (χ1v) is 6.36. The highest BCUT2D eigenvalue weighted by Crippen LogP contribution is 2.06. The predicted molar refractivity (Wildman–Crippen MR) is 72.8 cm³/mol. The first-order valence-electron chi connectivity index (χ1n) is 6.36. The van der Waals surface area contributed by atoms with Crippen molar-refractivity contribution in [1.29, 1.82) is 0 Å². The molecule has 0 fully saturated rings. The average molecular weight is 238 g/mol. The van der Waals surface area contributed by atoms with Crippen molar-refractivity contribution in [3.8, 4) is 0 Å². The Bertz CT molecular complexity index is 281. The summed E-state index contributed by atoms with van der Waals surface area (Å²) >= 11 is 0. The van der Waals surface area contributed by atoms with E-state index in [2.05, 4.69) is 32.9 Å². The highest BCUT2D eigenvalue weighted by molar-refractivity contribution is 5.69. The quantitative estimate of drug-likeness (QED) is 0.489. The minimum absolute atomic E-state index is 0.0860. The molecule has 0 aliphatic rings. The van der Waals surface area contributed by atoms with Crippen LogP contribution < -0.4 is 0 Å². The summed E-state index contributed by atoms with van der Waals surface area (Å²) in [5.41, 5.74) is 2.61. The van der Waals surface area contributed by atoms with Crippen molar-refractivity contribution >= 4 is 5.97 Å². The van der Waals surface area contributed by atoms with E-state index in [1.807, 2.05) is 13.8 Å². The van der Waals surface area contributed by atoms with Gasteiger partial charge in [0.05, 0.1) is 6.61 Å². The predicted octanol–water partition coefficient (Wildman–Crippen LogP) is 4.27. The number of carbonyl (C=O) groups excluding carboxylic acids is 1. The second-order valence-corrected chi connectivity index (χ2v) is 5.14. The molecule has 0 spiro atoms. The summed E-state index contributed by atoms with van der Waals surface area (Å²) in [5.74, 6) is 0.286. The number of carbonyl (C=O) groups is 1. The minimum atomic E-state index is -0.0860. The SMILES string of the molecule is CC(C)=CC/C=C(\C)CCOC(=O)CC(C)C. The van der Waals surface area contributed by atoms with Gasteiger partial charge < -0.3 is 4.74 Å².